The first kappa shape index (κ1) is 17.8. The van der Waals surface area contributed by atoms with Gasteiger partial charge >= 0.3 is 6.18 Å². The van der Waals surface area contributed by atoms with Crippen LogP contribution in [0.2, 0.25) is 0 Å². The van der Waals surface area contributed by atoms with Gasteiger partial charge in [0.05, 0.1) is 17.8 Å². The second-order valence-corrected chi connectivity index (χ2v) is 7.94. The van der Waals surface area contributed by atoms with Gasteiger partial charge in [-0.15, -0.1) is 0 Å². The molecule has 0 unspecified atom stereocenters. The maximum absolute atomic E-state index is 13.6. The third kappa shape index (κ3) is 3.11. The largest absolute Gasteiger partial charge is 0.416 e. The second kappa shape index (κ2) is 5.96. The number of hydrogen-bond donors (Lipinski definition) is 0. The first-order valence-electron chi connectivity index (χ1n) is 9.09. The molecule has 1 saturated carbocycles. The van der Waals surface area contributed by atoms with Gasteiger partial charge in [0.2, 0.25) is 0 Å². The average molecular weight is 368 g/mol. The van der Waals surface area contributed by atoms with Gasteiger partial charge in [0.25, 0.3) is 5.91 Å². The predicted octanol–water partition coefficient (Wildman–Crippen LogP) is 3.43. The maximum atomic E-state index is 13.6. The number of benzene rings is 1. The Hall–Kier alpha value is -1.60. The Balaban J connectivity index is 1.66. The number of halogens is 3. The molecule has 3 aliphatic rings. The van der Waals surface area contributed by atoms with Crippen molar-refractivity contribution in [3.8, 4) is 0 Å². The first-order valence-corrected chi connectivity index (χ1v) is 9.09. The Kier molecular flexibility index (Phi) is 4.08. The number of nitrogens with zero attached hydrogens (tertiary/aromatic N) is 2. The SMILES string of the molecule is CC(C)N1Cc2c(cc(CN3CCOC4(CC4)C3)cc2C(F)(F)F)C1=O. The Morgan fingerprint density at radius 2 is 2.00 bits per heavy atom. The third-order valence-electron chi connectivity index (χ3n) is 5.60. The van der Waals surface area contributed by atoms with Crippen LogP contribution >= 0.6 is 0 Å². The summed E-state index contributed by atoms with van der Waals surface area (Å²) in [4.78, 5) is 16.2. The van der Waals surface area contributed by atoms with Crippen molar-refractivity contribution in [1.29, 1.82) is 0 Å². The van der Waals surface area contributed by atoms with E-state index in [1.807, 2.05) is 13.8 Å². The minimum Gasteiger partial charge on any atom is -0.372 e. The van der Waals surface area contributed by atoms with Crippen molar-refractivity contribution < 1.29 is 22.7 Å². The Labute approximate surface area is 150 Å². The molecule has 1 aromatic carbocycles. The van der Waals surface area contributed by atoms with E-state index in [0.29, 0.717) is 25.3 Å². The zero-order valence-corrected chi connectivity index (χ0v) is 15.0. The molecular formula is C19H23F3N2O2. The molecule has 2 fully saturated rings. The van der Waals surface area contributed by atoms with Crippen molar-refractivity contribution in [2.75, 3.05) is 19.7 Å². The van der Waals surface area contributed by atoms with Crippen LogP contribution < -0.4 is 0 Å². The van der Waals surface area contributed by atoms with Gasteiger partial charge in [0.1, 0.15) is 0 Å². The van der Waals surface area contributed by atoms with E-state index in [1.165, 1.54) is 11.0 Å². The average Bonchev–Trinajstić information content (AvgIpc) is 3.20. The molecule has 2 aliphatic heterocycles. The van der Waals surface area contributed by atoms with Crippen molar-refractivity contribution >= 4 is 5.91 Å². The number of fused-ring (bicyclic) bond motifs is 1. The van der Waals surface area contributed by atoms with E-state index >= 15 is 0 Å². The Morgan fingerprint density at radius 3 is 2.62 bits per heavy atom. The summed E-state index contributed by atoms with van der Waals surface area (Å²) in [5.41, 5.74) is 0.119. The molecule has 26 heavy (non-hydrogen) atoms. The van der Waals surface area contributed by atoms with Gasteiger partial charge in [0, 0.05) is 37.8 Å². The first-order chi connectivity index (χ1) is 12.2. The molecule has 0 bridgehead atoms. The zero-order chi connectivity index (χ0) is 18.7. The molecule has 1 aliphatic carbocycles. The quantitative estimate of drug-likeness (QED) is 0.820. The van der Waals surface area contributed by atoms with Crippen molar-refractivity contribution in [1.82, 2.24) is 9.80 Å². The molecule has 1 amide bonds. The minimum absolute atomic E-state index is 0.0294. The molecule has 0 radical (unpaired) electrons. The fourth-order valence-corrected chi connectivity index (χ4v) is 4.01. The molecule has 0 aromatic heterocycles. The maximum Gasteiger partial charge on any atom is 0.416 e. The summed E-state index contributed by atoms with van der Waals surface area (Å²) in [6, 6.07) is 2.75. The highest BCUT2D eigenvalue weighted by Crippen LogP contribution is 2.43. The summed E-state index contributed by atoms with van der Waals surface area (Å²) in [6.45, 7) is 6.14. The number of carbonyl (C=O) groups is 1. The van der Waals surface area contributed by atoms with E-state index in [0.717, 1.165) is 19.4 Å². The lowest BCUT2D eigenvalue weighted by atomic mass is 9.98. The molecule has 1 saturated heterocycles. The van der Waals surface area contributed by atoms with Gasteiger partial charge in [-0.25, -0.2) is 0 Å². The van der Waals surface area contributed by atoms with Gasteiger partial charge in [-0.1, -0.05) is 0 Å². The van der Waals surface area contributed by atoms with Crippen LogP contribution in [0.1, 0.15) is 53.7 Å². The van der Waals surface area contributed by atoms with Crippen LogP contribution in [-0.2, 0) is 24.0 Å². The highest BCUT2D eigenvalue weighted by atomic mass is 19.4. The molecular weight excluding hydrogens is 345 g/mol. The van der Waals surface area contributed by atoms with Crippen LogP contribution in [0.15, 0.2) is 12.1 Å². The predicted molar refractivity (Wildman–Crippen MR) is 89.6 cm³/mol. The minimum atomic E-state index is -4.46. The van der Waals surface area contributed by atoms with E-state index in [2.05, 4.69) is 4.90 Å². The number of carbonyl (C=O) groups excluding carboxylic acids is 1. The lowest BCUT2D eigenvalue weighted by molar-refractivity contribution is -0.138. The molecule has 2 heterocycles. The zero-order valence-electron chi connectivity index (χ0n) is 15.0. The lowest BCUT2D eigenvalue weighted by Crippen LogP contribution is -2.43. The van der Waals surface area contributed by atoms with Crippen LogP contribution in [0.5, 0.6) is 0 Å². The fraction of sp³-hybridized carbons (Fsp3) is 0.632. The number of ether oxygens (including phenoxy) is 1. The van der Waals surface area contributed by atoms with Crippen LogP contribution in [0, 0.1) is 0 Å². The number of morpholine rings is 1. The molecule has 0 N–H and O–H groups in total. The van der Waals surface area contributed by atoms with Crippen LogP contribution in [0.4, 0.5) is 13.2 Å². The smallest absolute Gasteiger partial charge is 0.372 e. The summed E-state index contributed by atoms with van der Waals surface area (Å²) >= 11 is 0. The highest BCUT2D eigenvalue weighted by molar-refractivity contribution is 5.99. The molecule has 1 spiro atoms. The van der Waals surface area contributed by atoms with Crippen LogP contribution in [-0.4, -0.2) is 47.0 Å². The van der Waals surface area contributed by atoms with E-state index in [-0.39, 0.29) is 35.2 Å². The van der Waals surface area contributed by atoms with E-state index in [9.17, 15) is 18.0 Å². The molecule has 4 nitrogen and oxygen atoms in total. The number of alkyl halides is 3. The van der Waals surface area contributed by atoms with E-state index in [4.69, 9.17) is 4.74 Å². The van der Waals surface area contributed by atoms with Gasteiger partial charge in [-0.05, 0) is 49.9 Å². The fourth-order valence-electron chi connectivity index (χ4n) is 4.01. The van der Waals surface area contributed by atoms with Crippen molar-refractivity contribution in [3.05, 3.63) is 34.4 Å². The van der Waals surface area contributed by atoms with Crippen molar-refractivity contribution in [2.45, 2.75) is 57.6 Å². The summed E-state index contributed by atoms with van der Waals surface area (Å²) in [7, 11) is 0. The van der Waals surface area contributed by atoms with E-state index in [1.54, 1.807) is 6.07 Å². The number of rotatable bonds is 3. The molecule has 142 valence electrons. The standard InChI is InChI=1S/C19H23F3N2O2/c1-12(2)24-10-15-14(17(24)25)7-13(8-16(15)19(20,21)22)9-23-5-6-26-18(11-23)3-4-18/h7-8,12H,3-6,9-11H2,1-2H3. The number of amides is 1. The van der Waals surface area contributed by atoms with Crippen LogP contribution in [0.3, 0.4) is 0 Å². The monoisotopic (exact) mass is 368 g/mol. The lowest BCUT2D eigenvalue weighted by Gasteiger charge is -2.33. The van der Waals surface area contributed by atoms with Gasteiger partial charge in [-0.3, -0.25) is 9.69 Å². The summed E-state index contributed by atoms with van der Waals surface area (Å²) in [6.07, 6.45) is -2.43. The molecule has 1 aromatic rings. The Bertz CT molecular complexity index is 741. The van der Waals surface area contributed by atoms with Crippen molar-refractivity contribution in [2.24, 2.45) is 0 Å². The summed E-state index contributed by atoms with van der Waals surface area (Å²) < 4.78 is 46.7. The summed E-state index contributed by atoms with van der Waals surface area (Å²) in [5, 5.41) is 0. The molecule has 4 rings (SSSR count). The van der Waals surface area contributed by atoms with E-state index < -0.39 is 11.7 Å². The molecule has 7 heteroatoms. The third-order valence-corrected chi connectivity index (χ3v) is 5.60. The van der Waals surface area contributed by atoms with Gasteiger partial charge < -0.3 is 9.64 Å². The Morgan fingerprint density at radius 1 is 1.27 bits per heavy atom. The van der Waals surface area contributed by atoms with Gasteiger partial charge in [-0.2, -0.15) is 13.2 Å². The van der Waals surface area contributed by atoms with Gasteiger partial charge in [0.15, 0.2) is 0 Å². The summed E-state index contributed by atoms with van der Waals surface area (Å²) in [5.74, 6) is -0.303. The second-order valence-electron chi connectivity index (χ2n) is 7.94. The topological polar surface area (TPSA) is 32.8 Å². The number of hydrogen-bond acceptors (Lipinski definition) is 3. The highest BCUT2D eigenvalue weighted by Gasteiger charge is 2.47. The molecule has 0 atom stereocenters. The van der Waals surface area contributed by atoms with Crippen molar-refractivity contribution in [3.63, 3.8) is 0 Å². The normalized spacial score (nSPS) is 22.4. The van der Waals surface area contributed by atoms with Crippen LogP contribution in [0.25, 0.3) is 0 Å².